The first-order valence-electron chi connectivity index (χ1n) is 7.10. The van der Waals surface area contributed by atoms with Crippen LogP contribution in [0.15, 0.2) is 28.2 Å². The van der Waals surface area contributed by atoms with Crippen LogP contribution in [0.3, 0.4) is 0 Å². The van der Waals surface area contributed by atoms with Gasteiger partial charge in [0.15, 0.2) is 11.6 Å². The number of nitrogens with zero attached hydrogens (tertiary/aromatic N) is 2. The highest BCUT2D eigenvalue weighted by atomic mass is 35.5. The molecular weight excluding hydrogens is 351 g/mol. The molecule has 1 aromatic carbocycles. The highest BCUT2D eigenvalue weighted by Gasteiger charge is 2.34. The Kier molecular flexibility index (Phi) is 3.20. The molecule has 7 heteroatoms. The molecule has 24 heavy (non-hydrogen) atoms. The van der Waals surface area contributed by atoms with Gasteiger partial charge >= 0.3 is 0 Å². The molecule has 0 aliphatic heterocycles. The summed E-state index contributed by atoms with van der Waals surface area (Å²) in [5, 5.41) is 0.474. The van der Waals surface area contributed by atoms with Gasteiger partial charge in [-0.05, 0) is 25.1 Å². The zero-order valence-corrected chi connectivity index (χ0v) is 14.2. The molecule has 0 saturated carbocycles. The van der Waals surface area contributed by atoms with Gasteiger partial charge in [-0.2, -0.15) is 4.98 Å². The van der Waals surface area contributed by atoms with Crippen LogP contribution >= 0.6 is 23.2 Å². The Labute approximate surface area is 146 Å². The third-order valence-corrected chi connectivity index (χ3v) is 4.87. The number of allylic oxidation sites excluding steroid dienone is 1. The van der Waals surface area contributed by atoms with E-state index in [-0.39, 0.29) is 26.7 Å². The number of Topliss-reactive ketones (excluding diaryl/α,β-unsaturated/α-hetero) is 2. The van der Waals surface area contributed by atoms with E-state index in [9.17, 15) is 9.59 Å². The summed E-state index contributed by atoms with van der Waals surface area (Å²) >= 11 is 11.9. The number of imidazole rings is 1. The number of halogens is 2. The molecule has 5 nitrogen and oxygen atoms in total. The Bertz CT molecular complexity index is 1050. The van der Waals surface area contributed by atoms with Crippen molar-refractivity contribution in [3.63, 3.8) is 0 Å². The molecule has 0 atom stereocenters. The van der Waals surface area contributed by atoms with Crippen LogP contribution in [-0.2, 0) is 7.05 Å². The lowest BCUT2D eigenvalue weighted by atomic mass is 10.1. The van der Waals surface area contributed by atoms with E-state index in [1.165, 1.54) is 18.2 Å². The van der Waals surface area contributed by atoms with E-state index < -0.39 is 11.6 Å². The Morgan fingerprint density at radius 3 is 2.21 bits per heavy atom. The number of furan rings is 1. The first-order chi connectivity index (χ1) is 11.4. The van der Waals surface area contributed by atoms with E-state index in [0.29, 0.717) is 11.5 Å². The van der Waals surface area contributed by atoms with E-state index >= 15 is 0 Å². The van der Waals surface area contributed by atoms with Crippen LogP contribution < -0.4 is 0 Å². The minimum Gasteiger partial charge on any atom is -0.437 e. The number of rotatable bonds is 1. The number of ketones is 2. The molecule has 1 aliphatic rings. The van der Waals surface area contributed by atoms with Crippen molar-refractivity contribution >= 4 is 52.1 Å². The molecule has 0 fully saturated rings. The average Bonchev–Trinajstić information content (AvgIpc) is 3.11. The lowest BCUT2D eigenvalue weighted by Crippen LogP contribution is -1.99. The van der Waals surface area contributed by atoms with E-state index in [4.69, 9.17) is 27.6 Å². The fourth-order valence-corrected chi connectivity index (χ4v) is 3.09. The van der Waals surface area contributed by atoms with Gasteiger partial charge in [-0.3, -0.25) is 9.59 Å². The number of carbonyl (C=O) groups is 2. The van der Waals surface area contributed by atoms with E-state index in [2.05, 4.69) is 4.98 Å². The molecule has 3 aromatic rings. The van der Waals surface area contributed by atoms with Crippen LogP contribution in [0.4, 0.5) is 0 Å². The van der Waals surface area contributed by atoms with E-state index in [0.717, 1.165) is 11.3 Å². The minimum absolute atomic E-state index is 0.0270. The molecule has 2 heterocycles. The van der Waals surface area contributed by atoms with Crippen molar-refractivity contribution in [2.45, 2.75) is 6.92 Å². The van der Waals surface area contributed by atoms with Crippen LogP contribution in [0.5, 0.6) is 0 Å². The normalized spacial score (nSPS) is 13.9. The summed E-state index contributed by atoms with van der Waals surface area (Å²) in [4.78, 5) is 29.3. The van der Waals surface area contributed by atoms with Gasteiger partial charge in [0.2, 0.25) is 5.71 Å². The quantitative estimate of drug-likeness (QED) is 0.480. The van der Waals surface area contributed by atoms with Crippen LogP contribution in [0.2, 0.25) is 10.0 Å². The molecule has 0 spiro atoms. The molecule has 0 bridgehead atoms. The van der Waals surface area contributed by atoms with Gasteiger partial charge in [0.05, 0.1) is 15.6 Å². The van der Waals surface area contributed by atoms with Crippen molar-refractivity contribution in [1.29, 1.82) is 0 Å². The second kappa shape index (κ2) is 5.06. The number of hydrogen-bond acceptors (Lipinski definition) is 4. The second-order valence-corrected chi connectivity index (χ2v) is 6.40. The maximum absolute atomic E-state index is 12.5. The topological polar surface area (TPSA) is 65.1 Å². The standard InChI is InChI=1S/C17H10Cl2N2O3/c1-7-20-17-14(21(7)2)4-8(24-17)3-11-15(22)9-5-12(18)13(19)6-10(9)16(11)23/h3-6H,1-2H3. The van der Waals surface area contributed by atoms with Crippen molar-refractivity contribution in [3.8, 4) is 0 Å². The fraction of sp³-hybridized carbons (Fsp3) is 0.118. The number of hydrogen-bond donors (Lipinski definition) is 0. The summed E-state index contributed by atoms with van der Waals surface area (Å²) in [5.41, 5.74) is 1.79. The second-order valence-electron chi connectivity index (χ2n) is 5.59. The number of benzene rings is 1. The van der Waals surface area contributed by atoms with Gasteiger partial charge in [-0.25, -0.2) is 0 Å². The summed E-state index contributed by atoms with van der Waals surface area (Å²) in [5.74, 6) is 0.425. The molecule has 4 rings (SSSR count). The molecule has 0 amide bonds. The Balaban J connectivity index is 1.82. The summed E-state index contributed by atoms with van der Waals surface area (Å²) in [6.45, 7) is 1.86. The number of carbonyl (C=O) groups excluding carboxylic acids is 2. The number of fused-ring (bicyclic) bond motifs is 2. The average molecular weight is 361 g/mol. The summed E-state index contributed by atoms with van der Waals surface area (Å²) in [6, 6.07) is 4.58. The SMILES string of the molecule is Cc1nc2oc(C=C3C(=O)c4cc(Cl)c(Cl)cc4C3=O)cc2n1C. The van der Waals surface area contributed by atoms with Crippen LogP contribution in [0.25, 0.3) is 17.3 Å². The maximum atomic E-state index is 12.5. The van der Waals surface area contributed by atoms with Crippen molar-refractivity contribution in [2.75, 3.05) is 0 Å². The summed E-state index contributed by atoms with van der Waals surface area (Å²) in [6.07, 6.45) is 1.43. The largest absolute Gasteiger partial charge is 0.437 e. The maximum Gasteiger partial charge on any atom is 0.245 e. The molecule has 2 aromatic heterocycles. The predicted octanol–water partition coefficient (Wildman–Crippen LogP) is 4.24. The minimum atomic E-state index is -0.391. The monoisotopic (exact) mass is 360 g/mol. The van der Waals surface area contributed by atoms with Gasteiger partial charge in [0.1, 0.15) is 17.1 Å². The van der Waals surface area contributed by atoms with Crippen molar-refractivity contribution in [3.05, 3.63) is 56.5 Å². The summed E-state index contributed by atoms with van der Waals surface area (Å²) in [7, 11) is 1.86. The van der Waals surface area contributed by atoms with Gasteiger partial charge in [0, 0.05) is 24.2 Å². The van der Waals surface area contributed by atoms with Gasteiger partial charge in [-0.1, -0.05) is 23.2 Å². The highest BCUT2D eigenvalue weighted by Crippen LogP contribution is 2.34. The molecular formula is C17H10Cl2N2O3. The lowest BCUT2D eigenvalue weighted by molar-refractivity contribution is 0.0990. The van der Waals surface area contributed by atoms with E-state index in [1.54, 1.807) is 6.07 Å². The molecule has 0 N–H and O–H groups in total. The van der Waals surface area contributed by atoms with Crippen LogP contribution in [0.1, 0.15) is 32.3 Å². The fourth-order valence-electron chi connectivity index (χ4n) is 2.77. The number of aromatic nitrogens is 2. The Morgan fingerprint density at radius 2 is 1.67 bits per heavy atom. The zero-order chi connectivity index (χ0) is 17.2. The Hall–Kier alpha value is -2.37. The van der Waals surface area contributed by atoms with Gasteiger partial charge in [0.25, 0.3) is 0 Å². The van der Waals surface area contributed by atoms with Crippen molar-refractivity contribution in [2.24, 2.45) is 7.05 Å². The van der Waals surface area contributed by atoms with E-state index in [1.807, 2.05) is 18.5 Å². The van der Waals surface area contributed by atoms with Crippen molar-refractivity contribution < 1.29 is 14.0 Å². The molecule has 0 saturated heterocycles. The van der Waals surface area contributed by atoms with Crippen LogP contribution in [0, 0.1) is 6.92 Å². The highest BCUT2D eigenvalue weighted by molar-refractivity contribution is 6.46. The third kappa shape index (κ3) is 2.05. The zero-order valence-electron chi connectivity index (χ0n) is 12.7. The van der Waals surface area contributed by atoms with Gasteiger partial charge < -0.3 is 8.98 Å². The lowest BCUT2D eigenvalue weighted by Gasteiger charge is -1.98. The first kappa shape index (κ1) is 15.2. The predicted molar refractivity (Wildman–Crippen MR) is 90.8 cm³/mol. The van der Waals surface area contributed by atoms with Gasteiger partial charge in [-0.15, -0.1) is 0 Å². The third-order valence-electron chi connectivity index (χ3n) is 4.15. The Morgan fingerprint density at radius 1 is 1.08 bits per heavy atom. The molecule has 1 aliphatic carbocycles. The van der Waals surface area contributed by atoms with Crippen molar-refractivity contribution in [1.82, 2.24) is 9.55 Å². The molecule has 0 unspecified atom stereocenters. The smallest absolute Gasteiger partial charge is 0.245 e. The first-order valence-corrected chi connectivity index (χ1v) is 7.85. The van der Waals surface area contributed by atoms with Crippen LogP contribution in [-0.4, -0.2) is 21.1 Å². The molecule has 0 radical (unpaired) electrons. The summed E-state index contributed by atoms with van der Waals surface area (Å²) < 4.78 is 7.48. The number of aryl methyl sites for hydroxylation is 2. The molecule has 120 valence electrons.